The quantitative estimate of drug-likeness (QED) is 0.390. The van der Waals surface area contributed by atoms with E-state index in [1.54, 1.807) is 27.4 Å². The van der Waals surface area contributed by atoms with Gasteiger partial charge in [-0.1, -0.05) is 13.0 Å². The third-order valence-corrected chi connectivity index (χ3v) is 6.67. The molecule has 1 saturated heterocycles. The minimum absolute atomic E-state index is 0.00944. The summed E-state index contributed by atoms with van der Waals surface area (Å²) < 4.78 is 26.5. The van der Waals surface area contributed by atoms with Crippen molar-refractivity contribution in [3.05, 3.63) is 41.7 Å². The number of nitrogens with zero attached hydrogens (tertiary/aromatic N) is 1. The molecule has 1 aromatic rings. The maximum absolute atomic E-state index is 14.1. The number of likely N-dealkylation sites (tertiary alicyclic amines) is 1. The molecule has 9 heteroatoms. The Morgan fingerprint density at radius 3 is 2.63 bits per heavy atom. The lowest BCUT2D eigenvalue weighted by atomic mass is 9.74. The first-order valence-corrected chi connectivity index (χ1v) is 11.8. The van der Waals surface area contributed by atoms with Gasteiger partial charge >= 0.3 is 6.09 Å². The van der Waals surface area contributed by atoms with E-state index in [4.69, 9.17) is 23.7 Å². The topological polar surface area (TPSA) is 95.6 Å². The summed E-state index contributed by atoms with van der Waals surface area (Å²) in [6.07, 6.45) is 6.22. The largest absolute Gasteiger partial charge is 0.500 e. The van der Waals surface area contributed by atoms with Crippen molar-refractivity contribution in [2.24, 2.45) is 5.41 Å². The van der Waals surface area contributed by atoms with Gasteiger partial charge in [0.1, 0.15) is 23.7 Å². The van der Waals surface area contributed by atoms with Crippen LogP contribution in [0.5, 0.6) is 5.75 Å². The second-order valence-corrected chi connectivity index (χ2v) is 8.57. The van der Waals surface area contributed by atoms with Crippen LogP contribution in [0.1, 0.15) is 38.2 Å². The number of hydrogen-bond donors (Lipinski definition) is 1. The van der Waals surface area contributed by atoms with Gasteiger partial charge in [0, 0.05) is 25.3 Å². The van der Waals surface area contributed by atoms with E-state index in [0.717, 1.165) is 24.0 Å². The normalized spacial score (nSPS) is 21.7. The molecule has 2 aliphatic rings. The van der Waals surface area contributed by atoms with E-state index >= 15 is 0 Å². The van der Waals surface area contributed by atoms with Gasteiger partial charge in [-0.25, -0.2) is 4.79 Å². The van der Waals surface area contributed by atoms with Gasteiger partial charge in [-0.05, 0) is 49.5 Å². The van der Waals surface area contributed by atoms with E-state index in [9.17, 15) is 9.59 Å². The molecule has 1 aliphatic carbocycles. The summed E-state index contributed by atoms with van der Waals surface area (Å²) >= 11 is 0. The summed E-state index contributed by atoms with van der Waals surface area (Å²) in [5.41, 5.74) is 1.27. The maximum atomic E-state index is 14.1. The van der Waals surface area contributed by atoms with Crippen LogP contribution in [-0.2, 0) is 23.7 Å². The Hall–Kier alpha value is -3.04. The van der Waals surface area contributed by atoms with Crippen LogP contribution in [0.15, 0.2) is 36.1 Å². The van der Waals surface area contributed by atoms with E-state index < -0.39 is 11.5 Å². The average molecular weight is 489 g/mol. The van der Waals surface area contributed by atoms with E-state index in [1.807, 2.05) is 36.1 Å². The Kier molecular flexibility index (Phi) is 9.17. The Balaban J connectivity index is 2.01. The molecule has 1 N–H and O–H groups in total. The molecule has 1 aromatic carbocycles. The summed E-state index contributed by atoms with van der Waals surface area (Å²) in [5, 5.41) is 2.77. The molecule has 9 nitrogen and oxygen atoms in total. The molecule has 35 heavy (non-hydrogen) atoms. The highest BCUT2D eigenvalue weighted by molar-refractivity contribution is 5.95. The fourth-order valence-corrected chi connectivity index (χ4v) is 4.85. The van der Waals surface area contributed by atoms with Crippen molar-refractivity contribution >= 4 is 23.3 Å². The van der Waals surface area contributed by atoms with Gasteiger partial charge in [0.15, 0.2) is 0 Å². The molecule has 3 rings (SSSR count). The van der Waals surface area contributed by atoms with Crippen molar-refractivity contribution in [3.8, 4) is 5.75 Å². The Morgan fingerprint density at radius 1 is 1.17 bits per heavy atom. The van der Waals surface area contributed by atoms with Crippen molar-refractivity contribution in [3.63, 3.8) is 0 Å². The summed E-state index contributed by atoms with van der Waals surface area (Å²) in [7, 11) is 6.06. The van der Waals surface area contributed by atoms with Gasteiger partial charge in [-0.3, -0.25) is 10.1 Å². The fraction of sp³-hybridized carbons (Fsp3) is 0.538. The SMILES string of the molecule is CC[C@@]1(C(=O)N2CCC[C@H]2COCOC)C=C(c2ccc(OC)cc2NC(=O)OC)CC=C1OC. The Morgan fingerprint density at radius 2 is 1.97 bits per heavy atom. The molecule has 1 fully saturated rings. The molecule has 0 unspecified atom stereocenters. The molecule has 0 spiro atoms. The highest BCUT2D eigenvalue weighted by Gasteiger charge is 2.47. The van der Waals surface area contributed by atoms with E-state index in [0.29, 0.717) is 43.2 Å². The highest BCUT2D eigenvalue weighted by Crippen LogP contribution is 2.45. The zero-order valence-corrected chi connectivity index (χ0v) is 21.2. The van der Waals surface area contributed by atoms with Gasteiger partial charge in [-0.2, -0.15) is 0 Å². The van der Waals surface area contributed by atoms with E-state index in [1.165, 1.54) is 7.11 Å². The van der Waals surface area contributed by atoms with Gasteiger partial charge < -0.3 is 28.6 Å². The van der Waals surface area contributed by atoms with Crippen LogP contribution in [-0.4, -0.2) is 71.3 Å². The number of anilines is 1. The summed E-state index contributed by atoms with van der Waals surface area (Å²) in [6.45, 7) is 3.27. The molecule has 0 aromatic heterocycles. The lowest BCUT2D eigenvalue weighted by molar-refractivity contribution is -0.142. The van der Waals surface area contributed by atoms with Crippen LogP contribution in [0.2, 0.25) is 0 Å². The second-order valence-electron chi connectivity index (χ2n) is 8.57. The van der Waals surface area contributed by atoms with Crippen molar-refractivity contribution < 1.29 is 33.3 Å². The first-order chi connectivity index (χ1) is 16.9. The van der Waals surface area contributed by atoms with Crippen molar-refractivity contribution in [2.75, 3.05) is 53.7 Å². The van der Waals surface area contributed by atoms with Crippen molar-refractivity contribution in [1.29, 1.82) is 0 Å². The van der Waals surface area contributed by atoms with Crippen LogP contribution in [0.4, 0.5) is 10.5 Å². The van der Waals surface area contributed by atoms with Gasteiger partial charge in [0.25, 0.3) is 0 Å². The highest BCUT2D eigenvalue weighted by atomic mass is 16.7. The lowest BCUT2D eigenvalue weighted by Crippen LogP contribution is -2.48. The Bertz CT molecular complexity index is 974. The molecule has 192 valence electrons. The number of ether oxygens (including phenoxy) is 5. The van der Waals surface area contributed by atoms with E-state index in [-0.39, 0.29) is 18.7 Å². The molecule has 2 atom stereocenters. The summed E-state index contributed by atoms with van der Waals surface area (Å²) in [5.74, 6) is 1.22. The Labute approximate surface area is 207 Å². The van der Waals surface area contributed by atoms with Crippen LogP contribution in [0.25, 0.3) is 5.57 Å². The molecule has 1 heterocycles. The number of nitrogens with one attached hydrogen (secondary N) is 1. The molecular weight excluding hydrogens is 452 g/mol. The molecule has 1 aliphatic heterocycles. The number of carbonyl (C=O) groups excluding carboxylic acids is 2. The first kappa shape index (κ1) is 26.6. The summed E-state index contributed by atoms with van der Waals surface area (Å²) in [4.78, 5) is 28.0. The molecule has 0 saturated carbocycles. The predicted molar refractivity (Wildman–Crippen MR) is 132 cm³/mol. The van der Waals surface area contributed by atoms with Crippen LogP contribution < -0.4 is 10.1 Å². The van der Waals surface area contributed by atoms with Crippen LogP contribution in [0, 0.1) is 5.41 Å². The predicted octanol–water partition coefficient (Wildman–Crippen LogP) is 4.20. The number of methoxy groups -OCH3 is 4. The van der Waals surface area contributed by atoms with Crippen LogP contribution in [0.3, 0.4) is 0 Å². The molecule has 2 amide bonds. The van der Waals surface area contributed by atoms with Gasteiger partial charge in [-0.15, -0.1) is 0 Å². The zero-order chi connectivity index (χ0) is 25.4. The minimum atomic E-state index is -0.964. The number of rotatable bonds is 10. The lowest BCUT2D eigenvalue weighted by Gasteiger charge is -2.38. The second kappa shape index (κ2) is 12.1. The molecular formula is C26H36N2O7. The smallest absolute Gasteiger partial charge is 0.411 e. The van der Waals surface area contributed by atoms with Gasteiger partial charge in [0.05, 0.1) is 39.7 Å². The first-order valence-electron chi connectivity index (χ1n) is 11.8. The zero-order valence-electron chi connectivity index (χ0n) is 21.2. The fourth-order valence-electron chi connectivity index (χ4n) is 4.85. The number of carbonyl (C=O) groups is 2. The number of allylic oxidation sites excluding steroid dienone is 2. The third kappa shape index (κ3) is 5.62. The minimum Gasteiger partial charge on any atom is -0.500 e. The monoisotopic (exact) mass is 488 g/mol. The van der Waals surface area contributed by atoms with Gasteiger partial charge in [0.2, 0.25) is 5.91 Å². The van der Waals surface area contributed by atoms with E-state index in [2.05, 4.69) is 5.32 Å². The third-order valence-electron chi connectivity index (χ3n) is 6.67. The number of hydrogen-bond acceptors (Lipinski definition) is 7. The standard InChI is InChI=1S/C26H36N2O7/c1-6-26(24(29)28-13-7-8-19(28)16-35-17-31-2)15-18(9-12-23(26)33-4)21-11-10-20(32-3)14-22(21)27-25(30)34-5/h10-12,14-15,19H,6-9,13,16-17H2,1-5H3,(H,27,30)/t19-,26+/m0/s1. The molecule has 0 bridgehead atoms. The summed E-state index contributed by atoms with van der Waals surface area (Å²) in [6, 6.07) is 5.43. The van der Waals surface area contributed by atoms with Crippen molar-refractivity contribution in [1.82, 2.24) is 4.90 Å². The number of benzene rings is 1. The molecule has 0 radical (unpaired) electrons. The van der Waals surface area contributed by atoms with Crippen LogP contribution >= 0.6 is 0 Å². The average Bonchev–Trinajstić information content (AvgIpc) is 3.36. The number of amides is 2. The maximum Gasteiger partial charge on any atom is 0.411 e. The van der Waals surface area contributed by atoms with Crippen molar-refractivity contribution in [2.45, 2.75) is 38.6 Å².